The average molecular weight is 372 g/mol. The van der Waals surface area contributed by atoms with Crippen molar-refractivity contribution in [1.82, 2.24) is 0 Å². The smallest absolute Gasteiger partial charge is 0.488 e. The monoisotopic (exact) mass is 372 g/mol. The van der Waals surface area contributed by atoms with E-state index in [1.165, 1.54) is 18.2 Å². The number of halogens is 4. The van der Waals surface area contributed by atoms with Crippen molar-refractivity contribution in [2.24, 2.45) is 0 Å². The standard InChI is InChI=1S/C17H12F4O5/c18-11-7-9(8-12(19)16(11)24-6-2-5-14(22)23)10-3-1-4-13-15(10)26-17(20,21)25-13/h1,3-4,7-8H,2,5-6H2,(H,22,23). The molecule has 0 aliphatic carbocycles. The van der Waals surface area contributed by atoms with Crippen LogP contribution in [0.15, 0.2) is 30.3 Å². The Kier molecular flexibility index (Phi) is 4.62. The van der Waals surface area contributed by atoms with Crippen LogP contribution >= 0.6 is 0 Å². The molecule has 26 heavy (non-hydrogen) atoms. The highest BCUT2D eigenvalue weighted by Crippen LogP contribution is 2.47. The number of fused-ring (bicyclic) bond motifs is 1. The van der Waals surface area contributed by atoms with E-state index in [1.54, 1.807) is 0 Å². The lowest BCUT2D eigenvalue weighted by molar-refractivity contribution is -0.286. The second-order valence-electron chi connectivity index (χ2n) is 5.42. The Hall–Kier alpha value is -2.97. The first-order valence-electron chi connectivity index (χ1n) is 7.50. The molecule has 2 aromatic carbocycles. The molecular weight excluding hydrogens is 360 g/mol. The number of carboxylic acid groups (broad SMARTS) is 1. The molecule has 1 aliphatic heterocycles. The molecule has 0 fully saturated rings. The topological polar surface area (TPSA) is 65.0 Å². The Morgan fingerprint density at radius 3 is 2.50 bits per heavy atom. The van der Waals surface area contributed by atoms with Crippen molar-refractivity contribution in [1.29, 1.82) is 0 Å². The number of rotatable bonds is 6. The minimum absolute atomic E-state index is 0.0231. The predicted molar refractivity (Wildman–Crippen MR) is 80.4 cm³/mol. The van der Waals surface area contributed by atoms with Gasteiger partial charge in [0.15, 0.2) is 28.9 Å². The fourth-order valence-corrected chi connectivity index (χ4v) is 2.45. The zero-order chi connectivity index (χ0) is 18.9. The van der Waals surface area contributed by atoms with E-state index < -0.39 is 29.6 Å². The van der Waals surface area contributed by atoms with Crippen molar-refractivity contribution < 1.29 is 41.7 Å². The van der Waals surface area contributed by atoms with Gasteiger partial charge in [0.1, 0.15) is 0 Å². The lowest BCUT2D eigenvalue weighted by atomic mass is 10.0. The molecule has 0 bridgehead atoms. The first-order valence-corrected chi connectivity index (χ1v) is 7.50. The molecular formula is C17H12F4O5. The zero-order valence-corrected chi connectivity index (χ0v) is 13.1. The van der Waals surface area contributed by atoms with Crippen molar-refractivity contribution in [3.05, 3.63) is 42.0 Å². The quantitative estimate of drug-likeness (QED) is 0.608. The van der Waals surface area contributed by atoms with Crippen LogP contribution in [0.4, 0.5) is 17.6 Å². The third-order valence-corrected chi connectivity index (χ3v) is 3.52. The number of para-hydroxylation sites is 1. The van der Waals surface area contributed by atoms with Gasteiger partial charge in [-0.3, -0.25) is 4.79 Å². The fraction of sp³-hybridized carbons (Fsp3) is 0.235. The van der Waals surface area contributed by atoms with Gasteiger partial charge in [-0.15, -0.1) is 8.78 Å². The minimum Gasteiger partial charge on any atom is -0.488 e. The van der Waals surface area contributed by atoms with Crippen LogP contribution in [0, 0.1) is 11.6 Å². The fourth-order valence-electron chi connectivity index (χ4n) is 2.45. The van der Waals surface area contributed by atoms with E-state index in [1.807, 2.05) is 0 Å². The van der Waals surface area contributed by atoms with E-state index in [4.69, 9.17) is 9.84 Å². The number of hydrogen-bond donors (Lipinski definition) is 1. The van der Waals surface area contributed by atoms with Crippen molar-refractivity contribution in [2.75, 3.05) is 6.61 Å². The van der Waals surface area contributed by atoms with Crippen LogP contribution in [0.2, 0.25) is 0 Å². The minimum atomic E-state index is -3.86. The summed E-state index contributed by atoms with van der Waals surface area (Å²) in [5.41, 5.74) is -0.0223. The molecule has 0 saturated heterocycles. The third-order valence-electron chi connectivity index (χ3n) is 3.52. The molecule has 0 amide bonds. The van der Waals surface area contributed by atoms with Gasteiger partial charge in [-0.2, -0.15) is 0 Å². The highest BCUT2D eigenvalue weighted by atomic mass is 19.3. The second kappa shape index (κ2) is 6.74. The molecule has 9 heteroatoms. The Bertz CT molecular complexity index is 830. The molecule has 0 aromatic heterocycles. The number of benzene rings is 2. The van der Waals surface area contributed by atoms with Crippen molar-refractivity contribution in [3.63, 3.8) is 0 Å². The van der Waals surface area contributed by atoms with E-state index in [9.17, 15) is 22.4 Å². The van der Waals surface area contributed by atoms with Gasteiger partial charge in [-0.05, 0) is 30.2 Å². The van der Waals surface area contributed by atoms with Gasteiger partial charge in [0.2, 0.25) is 0 Å². The molecule has 0 atom stereocenters. The first-order chi connectivity index (χ1) is 12.3. The summed E-state index contributed by atoms with van der Waals surface area (Å²) in [6, 6.07) is 5.79. The molecule has 3 rings (SSSR count). The van der Waals surface area contributed by atoms with Gasteiger partial charge in [-0.1, -0.05) is 12.1 Å². The van der Waals surface area contributed by atoms with E-state index in [0.717, 1.165) is 12.1 Å². The van der Waals surface area contributed by atoms with Crippen molar-refractivity contribution in [3.8, 4) is 28.4 Å². The van der Waals surface area contributed by atoms with Gasteiger partial charge < -0.3 is 19.3 Å². The van der Waals surface area contributed by atoms with Crippen molar-refractivity contribution >= 4 is 5.97 Å². The molecule has 0 saturated carbocycles. The maximum absolute atomic E-state index is 14.2. The van der Waals surface area contributed by atoms with Crippen LogP contribution in [-0.2, 0) is 4.79 Å². The van der Waals surface area contributed by atoms with Gasteiger partial charge in [0.25, 0.3) is 0 Å². The highest BCUT2D eigenvalue weighted by molar-refractivity contribution is 5.75. The summed E-state index contributed by atoms with van der Waals surface area (Å²) in [5, 5.41) is 8.52. The normalized spacial score (nSPS) is 14.3. The summed E-state index contributed by atoms with van der Waals surface area (Å²) >= 11 is 0. The Balaban J connectivity index is 1.86. The average Bonchev–Trinajstić information content (AvgIpc) is 2.86. The molecule has 0 unspecified atom stereocenters. The van der Waals surface area contributed by atoms with Gasteiger partial charge in [0, 0.05) is 12.0 Å². The largest absolute Gasteiger partial charge is 0.586 e. The van der Waals surface area contributed by atoms with Gasteiger partial charge in [0.05, 0.1) is 6.61 Å². The molecule has 0 radical (unpaired) electrons. The third kappa shape index (κ3) is 3.66. The lowest BCUT2D eigenvalue weighted by Crippen LogP contribution is -2.26. The number of ether oxygens (including phenoxy) is 3. The predicted octanol–water partition coefficient (Wildman–Crippen LogP) is 4.20. The van der Waals surface area contributed by atoms with Crippen LogP contribution in [0.5, 0.6) is 17.2 Å². The Labute approximate surface area is 144 Å². The molecule has 0 spiro atoms. The first kappa shape index (κ1) is 17.8. The second-order valence-corrected chi connectivity index (χ2v) is 5.42. The summed E-state index contributed by atoms with van der Waals surface area (Å²) in [6.45, 7) is -0.191. The molecule has 138 valence electrons. The number of carbonyl (C=O) groups is 1. The summed E-state index contributed by atoms with van der Waals surface area (Å²) in [7, 11) is 0. The summed E-state index contributed by atoms with van der Waals surface area (Å²) in [6.07, 6.45) is -3.99. The van der Waals surface area contributed by atoms with Crippen LogP contribution in [0.25, 0.3) is 11.1 Å². The zero-order valence-electron chi connectivity index (χ0n) is 13.1. The summed E-state index contributed by atoms with van der Waals surface area (Å²) < 4.78 is 68.5. The number of alkyl halides is 2. The summed E-state index contributed by atoms with van der Waals surface area (Å²) in [4.78, 5) is 10.4. The van der Waals surface area contributed by atoms with E-state index in [-0.39, 0.29) is 42.1 Å². The maximum atomic E-state index is 14.2. The van der Waals surface area contributed by atoms with Crippen molar-refractivity contribution in [2.45, 2.75) is 19.1 Å². The maximum Gasteiger partial charge on any atom is 0.586 e. The van der Waals surface area contributed by atoms with E-state index >= 15 is 0 Å². The van der Waals surface area contributed by atoms with Crippen LogP contribution < -0.4 is 14.2 Å². The lowest BCUT2D eigenvalue weighted by Gasteiger charge is -2.11. The molecule has 1 N–H and O–H groups in total. The number of aliphatic carboxylic acids is 1. The van der Waals surface area contributed by atoms with E-state index in [2.05, 4.69) is 9.47 Å². The SMILES string of the molecule is O=C(O)CCCOc1c(F)cc(-c2cccc3c2OC(F)(F)O3)cc1F. The Morgan fingerprint density at radius 1 is 1.15 bits per heavy atom. The van der Waals surface area contributed by atoms with E-state index in [0.29, 0.717) is 0 Å². The van der Waals surface area contributed by atoms with Gasteiger partial charge in [-0.25, -0.2) is 8.78 Å². The molecule has 2 aromatic rings. The number of hydrogen-bond acceptors (Lipinski definition) is 4. The Morgan fingerprint density at radius 2 is 1.85 bits per heavy atom. The highest BCUT2D eigenvalue weighted by Gasteiger charge is 2.44. The van der Waals surface area contributed by atoms with Gasteiger partial charge >= 0.3 is 12.3 Å². The number of carboxylic acids is 1. The molecule has 5 nitrogen and oxygen atoms in total. The van der Waals surface area contributed by atoms with Crippen LogP contribution in [0.3, 0.4) is 0 Å². The van der Waals surface area contributed by atoms with Crippen LogP contribution in [0.1, 0.15) is 12.8 Å². The summed E-state index contributed by atoms with van der Waals surface area (Å²) in [5.74, 6) is -4.41. The van der Waals surface area contributed by atoms with Crippen LogP contribution in [-0.4, -0.2) is 24.0 Å². The molecule has 1 heterocycles. The molecule has 1 aliphatic rings.